The highest BCUT2D eigenvalue weighted by molar-refractivity contribution is 7.48. The standard InChI is InChI=1S/C25H37O2P/c1-9-12-25(8,28-22-11-10-16(2)13-20(22)18(4)26)21-15-19(24(5,6)7)14-17(3)23(21)27/h10-11,13-15,18,26-28H,9,12H2,1-8H3. The van der Waals surface area contributed by atoms with Crippen molar-refractivity contribution in [1.82, 2.24) is 0 Å². The predicted molar refractivity (Wildman–Crippen MR) is 124 cm³/mol. The number of rotatable bonds is 6. The van der Waals surface area contributed by atoms with Crippen molar-refractivity contribution in [3.05, 3.63) is 58.1 Å². The Labute approximate surface area is 173 Å². The van der Waals surface area contributed by atoms with Crippen LogP contribution in [-0.2, 0) is 10.6 Å². The van der Waals surface area contributed by atoms with E-state index < -0.39 is 6.10 Å². The van der Waals surface area contributed by atoms with Crippen molar-refractivity contribution >= 4 is 13.9 Å². The maximum atomic E-state index is 11.0. The molecule has 0 saturated carbocycles. The molecule has 3 atom stereocenters. The molecule has 0 saturated heterocycles. The van der Waals surface area contributed by atoms with E-state index in [4.69, 9.17) is 0 Å². The molecule has 0 fully saturated rings. The fourth-order valence-electron chi connectivity index (χ4n) is 3.84. The molecule has 2 nitrogen and oxygen atoms in total. The Kier molecular flexibility index (Phi) is 7.00. The summed E-state index contributed by atoms with van der Waals surface area (Å²) >= 11 is 0. The first-order valence-corrected chi connectivity index (χ1v) is 11.3. The molecular weight excluding hydrogens is 363 g/mol. The molecule has 0 heterocycles. The number of benzene rings is 2. The first-order chi connectivity index (χ1) is 12.9. The van der Waals surface area contributed by atoms with Gasteiger partial charge in [0.1, 0.15) is 5.75 Å². The summed E-state index contributed by atoms with van der Waals surface area (Å²) in [7, 11) is 0.473. The van der Waals surface area contributed by atoms with Crippen LogP contribution in [0.3, 0.4) is 0 Å². The van der Waals surface area contributed by atoms with E-state index in [2.05, 4.69) is 71.9 Å². The second kappa shape index (κ2) is 8.56. The van der Waals surface area contributed by atoms with Crippen LogP contribution in [0.2, 0.25) is 0 Å². The minimum Gasteiger partial charge on any atom is -0.507 e. The van der Waals surface area contributed by atoms with Gasteiger partial charge in [-0.15, -0.1) is 0 Å². The van der Waals surface area contributed by atoms with Gasteiger partial charge in [0, 0.05) is 10.7 Å². The molecule has 0 bridgehead atoms. The van der Waals surface area contributed by atoms with Crippen LogP contribution in [-0.4, -0.2) is 10.2 Å². The first-order valence-electron chi connectivity index (χ1n) is 10.3. The molecule has 2 aromatic rings. The third-order valence-electron chi connectivity index (χ3n) is 5.58. The van der Waals surface area contributed by atoms with Crippen molar-refractivity contribution < 1.29 is 10.2 Å². The van der Waals surface area contributed by atoms with E-state index in [-0.39, 0.29) is 10.6 Å². The lowest BCUT2D eigenvalue weighted by atomic mass is 9.82. The molecule has 0 aliphatic rings. The van der Waals surface area contributed by atoms with Crippen molar-refractivity contribution in [2.75, 3.05) is 0 Å². The summed E-state index contributed by atoms with van der Waals surface area (Å²) in [4.78, 5) is 0. The highest BCUT2D eigenvalue weighted by Crippen LogP contribution is 2.50. The SMILES string of the molecule is CCCC(C)(Pc1ccc(C)cc1C(C)O)c1cc(C(C)(C)C)cc(C)c1O. The minimum atomic E-state index is -0.496. The Morgan fingerprint density at radius 2 is 1.68 bits per heavy atom. The van der Waals surface area contributed by atoms with E-state index >= 15 is 0 Å². The van der Waals surface area contributed by atoms with E-state index in [9.17, 15) is 10.2 Å². The lowest BCUT2D eigenvalue weighted by molar-refractivity contribution is 0.200. The molecule has 3 unspecified atom stereocenters. The van der Waals surface area contributed by atoms with Crippen LogP contribution >= 0.6 is 8.58 Å². The van der Waals surface area contributed by atoms with Crippen LogP contribution in [0, 0.1) is 13.8 Å². The number of hydrogen-bond donors (Lipinski definition) is 2. The van der Waals surface area contributed by atoms with Gasteiger partial charge in [-0.2, -0.15) is 0 Å². The van der Waals surface area contributed by atoms with E-state index in [0.717, 1.165) is 35.1 Å². The monoisotopic (exact) mass is 400 g/mol. The number of aromatic hydroxyl groups is 1. The van der Waals surface area contributed by atoms with Crippen molar-refractivity contribution in [3.8, 4) is 5.75 Å². The highest BCUT2D eigenvalue weighted by Gasteiger charge is 2.32. The van der Waals surface area contributed by atoms with Gasteiger partial charge in [0.15, 0.2) is 0 Å². The van der Waals surface area contributed by atoms with Gasteiger partial charge in [-0.05, 0) is 54.6 Å². The molecule has 28 heavy (non-hydrogen) atoms. The van der Waals surface area contributed by atoms with Crippen molar-refractivity contribution in [3.63, 3.8) is 0 Å². The molecule has 0 spiro atoms. The summed E-state index contributed by atoms with van der Waals surface area (Å²) in [6.45, 7) is 17.0. The fourth-order valence-corrected chi connectivity index (χ4v) is 5.72. The number of aryl methyl sites for hydroxylation is 2. The zero-order valence-corrected chi connectivity index (χ0v) is 19.8. The van der Waals surface area contributed by atoms with Crippen LogP contribution in [0.15, 0.2) is 30.3 Å². The quantitative estimate of drug-likeness (QED) is 0.552. The first kappa shape index (κ1) is 22.9. The molecule has 2 aromatic carbocycles. The van der Waals surface area contributed by atoms with Crippen molar-refractivity contribution in [2.45, 2.75) is 84.9 Å². The van der Waals surface area contributed by atoms with Crippen LogP contribution in [0.4, 0.5) is 0 Å². The summed E-state index contributed by atoms with van der Waals surface area (Å²) in [5.41, 5.74) is 5.42. The second-order valence-corrected chi connectivity index (χ2v) is 11.3. The zero-order valence-electron chi connectivity index (χ0n) is 18.8. The van der Waals surface area contributed by atoms with Crippen LogP contribution in [0.1, 0.15) is 88.3 Å². The number of hydrogen-bond acceptors (Lipinski definition) is 2. The summed E-state index contributed by atoms with van der Waals surface area (Å²) in [5.74, 6) is 0.419. The lowest BCUT2D eigenvalue weighted by Crippen LogP contribution is -2.23. The van der Waals surface area contributed by atoms with Crippen LogP contribution in [0.25, 0.3) is 0 Å². The molecule has 2 N–H and O–H groups in total. The van der Waals surface area contributed by atoms with Gasteiger partial charge < -0.3 is 10.2 Å². The molecule has 0 aromatic heterocycles. The Morgan fingerprint density at radius 3 is 2.21 bits per heavy atom. The van der Waals surface area contributed by atoms with Gasteiger partial charge in [-0.25, -0.2) is 0 Å². The third-order valence-corrected chi connectivity index (χ3v) is 7.37. The van der Waals surface area contributed by atoms with E-state index in [1.807, 2.05) is 13.8 Å². The molecule has 0 aliphatic heterocycles. The maximum Gasteiger partial charge on any atom is 0.122 e. The third kappa shape index (κ3) is 4.97. The average Bonchev–Trinajstić information content (AvgIpc) is 2.57. The molecule has 0 amide bonds. The largest absolute Gasteiger partial charge is 0.507 e. The Bertz CT molecular complexity index is 833. The molecule has 154 valence electrons. The van der Waals surface area contributed by atoms with Crippen molar-refractivity contribution in [2.24, 2.45) is 0 Å². The highest BCUT2D eigenvalue weighted by atomic mass is 31.1. The fraction of sp³-hybridized carbons (Fsp3) is 0.520. The number of phenols is 1. The summed E-state index contributed by atoms with van der Waals surface area (Å²) in [6, 6.07) is 10.7. The molecule has 0 aliphatic carbocycles. The Balaban J connectivity index is 2.64. The number of aliphatic hydroxyl groups is 1. The Morgan fingerprint density at radius 1 is 1.04 bits per heavy atom. The van der Waals surface area contributed by atoms with Gasteiger partial charge in [0.2, 0.25) is 0 Å². The minimum absolute atomic E-state index is 0.0259. The predicted octanol–water partition coefficient (Wildman–Crippen LogP) is 6.38. The molecule has 3 heteroatoms. The Hall–Kier alpha value is -1.37. The van der Waals surface area contributed by atoms with Crippen LogP contribution in [0.5, 0.6) is 5.75 Å². The molecule has 2 rings (SSSR count). The average molecular weight is 401 g/mol. The summed E-state index contributed by atoms with van der Waals surface area (Å²) < 4.78 is 0. The zero-order chi connectivity index (χ0) is 21.3. The lowest BCUT2D eigenvalue weighted by Gasteiger charge is -2.34. The normalized spacial score (nSPS) is 15.8. The van der Waals surface area contributed by atoms with Gasteiger partial charge >= 0.3 is 0 Å². The second-order valence-electron chi connectivity index (χ2n) is 9.41. The smallest absolute Gasteiger partial charge is 0.122 e. The maximum absolute atomic E-state index is 11.0. The van der Waals surface area contributed by atoms with Gasteiger partial charge in [0.05, 0.1) is 6.10 Å². The van der Waals surface area contributed by atoms with E-state index in [0.29, 0.717) is 14.3 Å². The molecule has 0 radical (unpaired) electrons. The molecular formula is C25H37O2P. The number of aliphatic hydroxyl groups excluding tert-OH is 1. The van der Waals surface area contributed by atoms with Crippen molar-refractivity contribution in [1.29, 1.82) is 0 Å². The van der Waals surface area contributed by atoms with E-state index in [1.54, 1.807) is 0 Å². The summed E-state index contributed by atoms with van der Waals surface area (Å²) in [6.07, 6.45) is 1.53. The van der Waals surface area contributed by atoms with Gasteiger partial charge in [-0.3, -0.25) is 0 Å². The topological polar surface area (TPSA) is 40.5 Å². The van der Waals surface area contributed by atoms with E-state index in [1.165, 1.54) is 10.9 Å². The summed E-state index contributed by atoms with van der Waals surface area (Å²) in [5, 5.41) is 22.3. The van der Waals surface area contributed by atoms with Crippen LogP contribution < -0.4 is 5.30 Å². The van der Waals surface area contributed by atoms with Gasteiger partial charge in [-0.1, -0.05) is 85.5 Å². The number of phenolic OH excluding ortho intramolecular Hbond substituents is 1. The van der Waals surface area contributed by atoms with Gasteiger partial charge in [0.25, 0.3) is 0 Å².